The predicted octanol–water partition coefficient (Wildman–Crippen LogP) is 3.18. The number of nitrogens with one attached hydrogen (secondary N) is 3. The monoisotopic (exact) mass is 508 g/mol. The summed E-state index contributed by atoms with van der Waals surface area (Å²) in [6, 6.07) is 21.2. The standard InChI is InChI=1S/C26H25ClN4O5/c1-35-23-12-9-20(15-22(23)27)30-25(33)26(34)31-29-16-19-7-10-21(11-8-19)36-17-24(32)28-14-13-18-5-3-2-4-6-18/h2-12,15-16H,13-14,17H2,1H3,(H,28,32)(H,30,33)(H,31,34)/b29-16-. The number of amides is 3. The fourth-order valence-corrected chi connectivity index (χ4v) is 3.25. The molecule has 0 bridgehead atoms. The minimum Gasteiger partial charge on any atom is -0.495 e. The Hall–Kier alpha value is -4.37. The number of rotatable bonds is 10. The summed E-state index contributed by atoms with van der Waals surface area (Å²) >= 11 is 6.00. The van der Waals surface area contributed by atoms with Crippen molar-refractivity contribution in [3.8, 4) is 11.5 Å². The lowest BCUT2D eigenvalue weighted by molar-refractivity contribution is -0.136. The van der Waals surface area contributed by atoms with Gasteiger partial charge in [0.2, 0.25) is 0 Å². The van der Waals surface area contributed by atoms with Crippen LogP contribution in [0.5, 0.6) is 11.5 Å². The maximum Gasteiger partial charge on any atom is 0.329 e. The number of methoxy groups -OCH3 is 1. The first-order chi connectivity index (χ1) is 17.4. The largest absolute Gasteiger partial charge is 0.495 e. The molecule has 3 amide bonds. The molecular formula is C26H25ClN4O5. The molecule has 0 unspecified atom stereocenters. The molecule has 0 fully saturated rings. The number of ether oxygens (including phenoxy) is 2. The van der Waals surface area contributed by atoms with Gasteiger partial charge in [-0.3, -0.25) is 14.4 Å². The van der Waals surface area contributed by atoms with Crippen molar-refractivity contribution in [3.05, 3.63) is 88.9 Å². The zero-order chi connectivity index (χ0) is 25.8. The molecule has 3 rings (SSSR count). The first kappa shape index (κ1) is 26.2. The minimum atomic E-state index is -0.948. The molecule has 9 nitrogen and oxygen atoms in total. The second-order valence-electron chi connectivity index (χ2n) is 7.45. The van der Waals surface area contributed by atoms with Gasteiger partial charge in [0.05, 0.1) is 18.3 Å². The quantitative estimate of drug-likeness (QED) is 0.221. The van der Waals surface area contributed by atoms with Crippen molar-refractivity contribution in [1.82, 2.24) is 10.7 Å². The van der Waals surface area contributed by atoms with Gasteiger partial charge in [0.25, 0.3) is 5.91 Å². The van der Waals surface area contributed by atoms with Crippen molar-refractivity contribution < 1.29 is 23.9 Å². The van der Waals surface area contributed by atoms with E-state index >= 15 is 0 Å². The second kappa shape index (κ2) is 13.5. The number of halogens is 1. The highest BCUT2D eigenvalue weighted by Gasteiger charge is 2.13. The molecule has 0 atom stereocenters. The van der Waals surface area contributed by atoms with Crippen molar-refractivity contribution in [3.63, 3.8) is 0 Å². The van der Waals surface area contributed by atoms with E-state index in [-0.39, 0.29) is 12.5 Å². The van der Waals surface area contributed by atoms with Gasteiger partial charge in [0.15, 0.2) is 6.61 Å². The summed E-state index contributed by atoms with van der Waals surface area (Å²) in [6.07, 6.45) is 2.12. The Morgan fingerprint density at radius 1 is 0.972 bits per heavy atom. The number of hydrogen-bond donors (Lipinski definition) is 3. The van der Waals surface area contributed by atoms with Crippen LogP contribution in [-0.4, -0.2) is 44.2 Å². The van der Waals surface area contributed by atoms with Gasteiger partial charge in [-0.2, -0.15) is 5.10 Å². The Balaban J connectivity index is 1.38. The highest BCUT2D eigenvalue weighted by molar-refractivity contribution is 6.40. The Labute approximate surface area is 213 Å². The lowest BCUT2D eigenvalue weighted by atomic mass is 10.1. The Morgan fingerprint density at radius 3 is 2.42 bits per heavy atom. The molecule has 36 heavy (non-hydrogen) atoms. The average molecular weight is 509 g/mol. The molecule has 10 heteroatoms. The fraction of sp³-hybridized carbons (Fsp3) is 0.154. The van der Waals surface area contributed by atoms with Crippen LogP contribution in [0.2, 0.25) is 5.02 Å². The molecule has 0 spiro atoms. The van der Waals surface area contributed by atoms with E-state index < -0.39 is 11.8 Å². The maximum absolute atomic E-state index is 12.0. The van der Waals surface area contributed by atoms with E-state index in [1.54, 1.807) is 36.4 Å². The van der Waals surface area contributed by atoms with E-state index in [9.17, 15) is 14.4 Å². The Bertz CT molecular complexity index is 1220. The summed E-state index contributed by atoms with van der Waals surface area (Å²) in [5.74, 6) is -1.11. The lowest BCUT2D eigenvalue weighted by Gasteiger charge is -2.08. The summed E-state index contributed by atoms with van der Waals surface area (Å²) in [4.78, 5) is 35.9. The molecule has 186 valence electrons. The number of nitrogens with zero attached hydrogens (tertiary/aromatic N) is 1. The summed E-state index contributed by atoms with van der Waals surface area (Å²) in [7, 11) is 1.47. The van der Waals surface area contributed by atoms with E-state index in [1.165, 1.54) is 19.4 Å². The van der Waals surface area contributed by atoms with Gasteiger partial charge in [-0.1, -0.05) is 41.9 Å². The lowest BCUT2D eigenvalue weighted by Crippen LogP contribution is -2.32. The van der Waals surface area contributed by atoms with Crippen molar-refractivity contribution in [2.45, 2.75) is 6.42 Å². The summed E-state index contributed by atoms with van der Waals surface area (Å²) in [6.45, 7) is 0.423. The predicted molar refractivity (Wildman–Crippen MR) is 137 cm³/mol. The molecule has 0 radical (unpaired) electrons. The molecule has 0 saturated heterocycles. The van der Waals surface area contributed by atoms with Crippen LogP contribution in [0.1, 0.15) is 11.1 Å². The fourth-order valence-electron chi connectivity index (χ4n) is 2.99. The van der Waals surface area contributed by atoms with E-state index in [1.807, 2.05) is 30.3 Å². The van der Waals surface area contributed by atoms with Crippen LogP contribution in [0.15, 0.2) is 77.9 Å². The maximum atomic E-state index is 12.0. The molecule has 0 aliphatic heterocycles. The van der Waals surface area contributed by atoms with Gasteiger partial charge in [0.1, 0.15) is 11.5 Å². The smallest absolute Gasteiger partial charge is 0.329 e. The molecule has 0 heterocycles. The number of benzene rings is 3. The number of carbonyl (C=O) groups excluding carboxylic acids is 3. The molecule has 3 aromatic carbocycles. The molecule has 3 N–H and O–H groups in total. The molecule has 0 saturated carbocycles. The van der Waals surface area contributed by atoms with E-state index in [4.69, 9.17) is 21.1 Å². The van der Waals surface area contributed by atoms with Crippen molar-refractivity contribution in [2.24, 2.45) is 5.10 Å². The highest BCUT2D eigenvalue weighted by atomic mass is 35.5. The van der Waals surface area contributed by atoms with Gasteiger partial charge in [-0.25, -0.2) is 5.43 Å². The Kier molecular flexibility index (Phi) is 9.84. The molecule has 0 aliphatic rings. The third-order valence-electron chi connectivity index (χ3n) is 4.82. The van der Waals surface area contributed by atoms with E-state index in [0.29, 0.717) is 34.3 Å². The van der Waals surface area contributed by atoms with Gasteiger partial charge in [-0.05, 0) is 60.0 Å². The van der Waals surface area contributed by atoms with Crippen molar-refractivity contribution in [2.75, 3.05) is 25.6 Å². The zero-order valence-corrected chi connectivity index (χ0v) is 20.2. The molecule has 3 aromatic rings. The van der Waals surface area contributed by atoms with Crippen molar-refractivity contribution in [1.29, 1.82) is 0 Å². The topological polar surface area (TPSA) is 118 Å². The van der Waals surface area contributed by atoms with Crippen molar-refractivity contribution >= 4 is 41.2 Å². The average Bonchev–Trinajstić information content (AvgIpc) is 2.89. The van der Waals surface area contributed by atoms with Gasteiger partial charge in [-0.15, -0.1) is 0 Å². The normalized spacial score (nSPS) is 10.5. The first-order valence-electron chi connectivity index (χ1n) is 11.0. The SMILES string of the molecule is COc1ccc(NC(=O)C(=O)N/N=C\c2ccc(OCC(=O)NCCc3ccccc3)cc2)cc1Cl. The Morgan fingerprint density at radius 2 is 1.72 bits per heavy atom. The van der Waals surface area contributed by atoms with E-state index in [0.717, 1.165) is 12.0 Å². The van der Waals surface area contributed by atoms with Crippen LogP contribution >= 0.6 is 11.6 Å². The van der Waals surface area contributed by atoms with Crippen LogP contribution in [0.25, 0.3) is 0 Å². The molecular weight excluding hydrogens is 484 g/mol. The van der Waals surface area contributed by atoms with Gasteiger partial charge < -0.3 is 20.1 Å². The van der Waals surface area contributed by atoms with Gasteiger partial charge in [0, 0.05) is 12.2 Å². The van der Waals surface area contributed by atoms with Crippen LogP contribution in [0.3, 0.4) is 0 Å². The number of carbonyl (C=O) groups is 3. The van der Waals surface area contributed by atoms with Crippen LogP contribution in [0.4, 0.5) is 5.69 Å². The number of hydrogen-bond acceptors (Lipinski definition) is 6. The number of anilines is 1. The third-order valence-corrected chi connectivity index (χ3v) is 5.12. The highest BCUT2D eigenvalue weighted by Crippen LogP contribution is 2.27. The van der Waals surface area contributed by atoms with Crippen LogP contribution in [-0.2, 0) is 20.8 Å². The van der Waals surface area contributed by atoms with E-state index in [2.05, 4.69) is 21.2 Å². The van der Waals surface area contributed by atoms with Gasteiger partial charge >= 0.3 is 11.8 Å². The molecule has 0 aromatic heterocycles. The minimum absolute atomic E-state index is 0.104. The molecule has 0 aliphatic carbocycles. The summed E-state index contributed by atoms with van der Waals surface area (Å²) < 4.78 is 10.5. The van der Waals surface area contributed by atoms with Crippen LogP contribution in [0, 0.1) is 0 Å². The summed E-state index contributed by atoms with van der Waals surface area (Å²) in [5.41, 5.74) is 4.29. The zero-order valence-electron chi connectivity index (χ0n) is 19.5. The second-order valence-corrected chi connectivity index (χ2v) is 7.85. The number of hydrazone groups is 1. The summed E-state index contributed by atoms with van der Waals surface area (Å²) in [5, 5.41) is 9.30. The van der Waals surface area contributed by atoms with Crippen LogP contribution < -0.4 is 25.5 Å². The first-order valence-corrected chi connectivity index (χ1v) is 11.3. The third kappa shape index (κ3) is 8.44.